The number of aliphatic imine (C=N–C) groups is 1. The van der Waals surface area contributed by atoms with Gasteiger partial charge in [-0.1, -0.05) is 32.9 Å². The molecule has 5 nitrogen and oxygen atoms in total. The van der Waals surface area contributed by atoms with E-state index in [-0.39, 0.29) is 22.3 Å². The van der Waals surface area contributed by atoms with Crippen molar-refractivity contribution in [1.82, 2.24) is 0 Å². The molecule has 0 amide bonds. The van der Waals surface area contributed by atoms with Crippen molar-refractivity contribution in [3.05, 3.63) is 29.8 Å². The molecule has 1 aromatic carbocycles. The van der Waals surface area contributed by atoms with E-state index in [9.17, 15) is 13.0 Å². The second-order valence-electron chi connectivity index (χ2n) is 5.60. The smallest absolute Gasteiger partial charge is 0.295 e. The van der Waals surface area contributed by atoms with E-state index in [4.69, 9.17) is 4.74 Å². The van der Waals surface area contributed by atoms with Crippen molar-refractivity contribution in [2.45, 2.75) is 31.7 Å². The van der Waals surface area contributed by atoms with Crippen LogP contribution in [-0.2, 0) is 14.9 Å². The summed E-state index contributed by atoms with van der Waals surface area (Å²) in [6.07, 6.45) is 0. The summed E-state index contributed by atoms with van der Waals surface area (Å²) in [5.74, 6) is 0.271. The summed E-state index contributed by atoms with van der Waals surface area (Å²) in [4.78, 5) is 4.25. The molecule has 1 aliphatic rings. The summed E-state index contributed by atoms with van der Waals surface area (Å²) in [6.45, 7) is 6.55. The molecule has 19 heavy (non-hydrogen) atoms. The van der Waals surface area contributed by atoms with E-state index in [1.54, 1.807) is 18.2 Å². The van der Waals surface area contributed by atoms with Crippen molar-refractivity contribution in [3.8, 4) is 0 Å². The molecule has 0 bridgehead atoms. The third-order valence-corrected chi connectivity index (χ3v) is 3.96. The lowest BCUT2D eigenvalue weighted by molar-refractivity contribution is 0.235. The van der Waals surface area contributed by atoms with Crippen LogP contribution in [0.4, 0.5) is 0 Å². The number of rotatable bonds is 2. The van der Waals surface area contributed by atoms with Gasteiger partial charge in [-0.15, -0.1) is 0 Å². The Morgan fingerprint density at radius 3 is 2.47 bits per heavy atom. The van der Waals surface area contributed by atoms with Gasteiger partial charge in [-0.25, -0.2) is 4.99 Å². The highest BCUT2D eigenvalue weighted by Crippen LogP contribution is 2.28. The summed E-state index contributed by atoms with van der Waals surface area (Å²) >= 11 is 0. The minimum atomic E-state index is -4.28. The van der Waals surface area contributed by atoms with E-state index in [0.29, 0.717) is 12.2 Å². The summed E-state index contributed by atoms with van der Waals surface area (Å²) in [5, 5.41) is 0. The highest BCUT2D eigenvalue weighted by atomic mass is 32.2. The van der Waals surface area contributed by atoms with E-state index in [1.807, 2.05) is 20.8 Å². The summed E-state index contributed by atoms with van der Waals surface area (Å²) in [6, 6.07) is 6.11. The molecule has 1 atom stereocenters. The summed E-state index contributed by atoms with van der Waals surface area (Å²) in [5.41, 5.74) is 0.242. The fraction of sp³-hybridized carbons (Fsp3) is 0.462. The Labute approximate surface area is 113 Å². The summed E-state index contributed by atoms with van der Waals surface area (Å²) < 4.78 is 37.4. The van der Waals surface area contributed by atoms with Gasteiger partial charge in [-0.3, -0.25) is 4.55 Å². The van der Waals surface area contributed by atoms with Crippen LogP contribution in [-0.4, -0.2) is 31.5 Å². The van der Waals surface area contributed by atoms with Crippen molar-refractivity contribution in [2.75, 3.05) is 6.61 Å². The Morgan fingerprint density at radius 2 is 1.95 bits per heavy atom. The monoisotopic (exact) mass is 283 g/mol. The number of ether oxygens (including phenoxy) is 1. The van der Waals surface area contributed by atoms with Gasteiger partial charge >= 0.3 is 0 Å². The van der Waals surface area contributed by atoms with Crippen molar-refractivity contribution in [1.29, 1.82) is 0 Å². The van der Waals surface area contributed by atoms with Crippen LogP contribution < -0.4 is 0 Å². The number of hydrogen-bond donors (Lipinski definition) is 1. The van der Waals surface area contributed by atoms with Crippen LogP contribution in [0.1, 0.15) is 26.3 Å². The zero-order valence-electron chi connectivity index (χ0n) is 11.1. The van der Waals surface area contributed by atoms with Crippen molar-refractivity contribution < 1.29 is 17.7 Å². The molecule has 1 aliphatic heterocycles. The maximum absolute atomic E-state index is 11.3. The number of hydrogen-bond acceptors (Lipinski definition) is 4. The van der Waals surface area contributed by atoms with E-state index >= 15 is 0 Å². The lowest BCUT2D eigenvalue weighted by atomic mass is 9.88. The van der Waals surface area contributed by atoms with Gasteiger partial charge in [0.25, 0.3) is 10.1 Å². The number of benzene rings is 1. The zero-order chi connectivity index (χ0) is 14.3. The van der Waals surface area contributed by atoms with Gasteiger partial charge in [0.15, 0.2) is 0 Å². The maximum atomic E-state index is 11.3. The fourth-order valence-corrected chi connectivity index (χ4v) is 2.52. The molecule has 6 heteroatoms. The normalized spacial score (nSPS) is 20.0. The van der Waals surface area contributed by atoms with Gasteiger partial charge in [0.1, 0.15) is 11.5 Å². The van der Waals surface area contributed by atoms with E-state index in [1.165, 1.54) is 6.07 Å². The van der Waals surface area contributed by atoms with Gasteiger partial charge in [-0.05, 0) is 17.5 Å². The van der Waals surface area contributed by atoms with Crippen LogP contribution in [0, 0.1) is 5.41 Å². The fourth-order valence-electron chi connectivity index (χ4n) is 1.83. The molecule has 1 unspecified atom stereocenters. The average molecular weight is 283 g/mol. The topological polar surface area (TPSA) is 76.0 Å². The first-order valence-corrected chi connectivity index (χ1v) is 7.41. The van der Waals surface area contributed by atoms with Gasteiger partial charge < -0.3 is 4.74 Å². The molecule has 0 saturated carbocycles. The molecule has 0 aliphatic carbocycles. The molecule has 1 N–H and O–H groups in total. The predicted molar refractivity (Wildman–Crippen MR) is 72.0 cm³/mol. The lowest BCUT2D eigenvalue weighted by Crippen LogP contribution is -2.25. The van der Waals surface area contributed by atoms with Crippen LogP contribution in [0.25, 0.3) is 0 Å². The van der Waals surface area contributed by atoms with E-state index in [0.717, 1.165) is 0 Å². The predicted octanol–water partition coefficient (Wildman–Crippen LogP) is 2.12. The Balaban J connectivity index is 2.45. The molecule has 104 valence electrons. The first kappa shape index (κ1) is 14.0. The third kappa shape index (κ3) is 2.96. The molecule has 2 rings (SSSR count). The minimum Gasteiger partial charge on any atom is -0.475 e. The van der Waals surface area contributed by atoms with Crippen molar-refractivity contribution >= 4 is 16.0 Å². The van der Waals surface area contributed by atoms with Crippen LogP contribution in [0.2, 0.25) is 0 Å². The maximum Gasteiger partial charge on any atom is 0.295 e. The quantitative estimate of drug-likeness (QED) is 0.844. The molecule has 0 fully saturated rings. The Hall–Kier alpha value is -1.40. The highest BCUT2D eigenvalue weighted by Gasteiger charge is 2.32. The Morgan fingerprint density at radius 1 is 1.32 bits per heavy atom. The Bertz CT molecular complexity index is 614. The molecule has 1 aromatic rings. The SMILES string of the molecule is CC(C)(C)C1COC(c2ccccc2S(=O)(=O)O)=N1. The van der Waals surface area contributed by atoms with Gasteiger partial charge in [0, 0.05) is 0 Å². The number of nitrogens with zero attached hydrogens (tertiary/aromatic N) is 1. The molecule has 0 saturated heterocycles. The zero-order valence-corrected chi connectivity index (χ0v) is 11.9. The van der Waals surface area contributed by atoms with Crippen LogP contribution >= 0.6 is 0 Å². The lowest BCUT2D eigenvalue weighted by Gasteiger charge is -2.21. The first-order valence-electron chi connectivity index (χ1n) is 5.97. The molecule has 0 aromatic heterocycles. The Kier molecular flexibility index (Phi) is 3.40. The molecular formula is C13H17NO4S. The minimum absolute atomic E-state index is 0.0306. The van der Waals surface area contributed by atoms with Gasteiger partial charge in [-0.2, -0.15) is 8.42 Å². The molecule has 0 radical (unpaired) electrons. The van der Waals surface area contributed by atoms with Crippen LogP contribution in [0.5, 0.6) is 0 Å². The second-order valence-corrected chi connectivity index (χ2v) is 6.99. The van der Waals surface area contributed by atoms with Crippen molar-refractivity contribution in [2.24, 2.45) is 10.4 Å². The third-order valence-electron chi connectivity index (χ3n) is 3.05. The largest absolute Gasteiger partial charge is 0.475 e. The van der Waals surface area contributed by atoms with Gasteiger partial charge in [0.2, 0.25) is 5.90 Å². The molecular weight excluding hydrogens is 266 g/mol. The summed E-state index contributed by atoms with van der Waals surface area (Å²) in [7, 11) is -4.28. The van der Waals surface area contributed by atoms with Crippen LogP contribution in [0.3, 0.4) is 0 Å². The second kappa shape index (κ2) is 4.61. The van der Waals surface area contributed by atoms with Crippen molar-refractivity contribution in [3.63, 3.8) is 0 Å². The molecule has 0 spiro atoms. The van der Waals surface area contributed by atoms with Gasteiger partial charge in [0.05, 0.1) is 11.6 Å². The highest BCUT2D eigenvalue weighted by molar-refractivity contribution is 7.86. The average Bonchev–Trinajstić information content (AvgIpc) is 2.76. The standard InChI is InChI=1S/C13H17NO4S/c1-13(2,3)11-8-18-12(14-11)9-6-4-5-7-10(9)19(15,16)17/h4-7,11H,8H2,1-3H3,(H,15,16,17). The van der Waals surface area contributed by atoms with Crippen LogP contribution in [0.15, 0.2) is 34.2 Å². The van der Waals surface area contributed by atoms with E-state index in [2.05, 4.69) is 4.99 Å². The molecule has 1 heterocycles. The van der Waals surface area contributed by atoms with E-state index < -0.39 is 10.1 Å². The first-order chi connectivity index (χ1) is 8.69.